The highest BCUT2D eigenvalue weighted by atomic mass is 35.5. The largest absolute Gasteiger partial charge is 0.348 e. The fraction of sp³-hybridized carbons (Fsp3) is 0.333. The summed E-state index contributed by atoms with van der Waals surface area (Å²) < 4.78 is 1.59. The van der Waals surface area contributed by atoms with Crippen LogP contribution in [-0.4, -0.2) is 21.7 Å². The third-order valence-electron chi connectivity index (χ3n) is 3.10. The number of carbonyl (C=O) groups excluding carboxylic acids is 1. The van der Waals surface area contributed by atoms with Crippen molar-refractivity contribution in [2.45, 2.75) is 26.3 Å². The Morgan fingerprint density at radius 1 is 1.45 bits per heavy atom. The van der Waals surface area contributed by atoms with Gasteiger partial charge in [0.15, 0.2) is 0 Å². The zero-order valence-corrected chi connectivity index (χ0v) is 12.6. The Balaban J connectivity index is 2.01. The highest BCUT2D eigenvalue weighted by Gasteiger charge is 2.15. The topological polar surface area (TPSA) is 46.9 Å². The van der Waals surface area contributed by atoms with E-state index >= 15 is 0 Å². The predicted octanol–water partition coefficient (Wildman–Crippen LogP) is 2.74. The molecule has 0 bridgehead atoms. The van der Waals surface area contributed by atoms with Gasteiger partial charge in [-0.05, 0) is 38.0 Å². The van der Waals surface area contributed by atoms with E-state index in [9.17, 15) is 4.79 Å². The Bertz CT molecular complexity index is 621. The number of rotatable bonds is 4. The predicted molar refractivity (Wildman–Crippen MR) is 80.0 cm³/mol. The molecule has 0 fully saturated rings. The number of halogens is 1. The fourth-order valence-electron chi connectivity index (χ4n) is 2.17. The lowest BCUT2D eigenvalue weighted by Gasteiger charge is -2.14. The molecule has 2 aromatic rings. The normalized spacial score (nSPS) is 12.2. The van der Waals surface area contributed by atoms with Crippen LogP contribution in [0, 0.1) is 6.92 Å². The average Bonchev–Trinajstić information content (AvgIpc) is 2.71. The second-order valence-corrected chi connectivity index (χ2v) is 5.37. The zero-order valence-electron chi connectivity index (χ0n) is 11.9. The molecule has 0 spiro atoms. The minimum Gasteiger partial charge on any atom is -0.348 e. The lowest BCUT2D eigenvalue weighted by atomic mass is 10.1. The van der Waals surface area contributed by atoms with Crippen molar-refractivity contribution in [2.24, 2.45) is 7.05 Å². The van der Waals surface area contributed by atoms with Gasteiger partial charge in [-0.3, -0.25) is 9.48 Å². The summed E-state index contributed by atoms with van der Waals surface area (Å²) in [6.45, 7) is 3.83. The Hall–Kier alpha value is -1.81. The number of amides is 1. The van der Waals surface area contributed by atoms with E-state index in [2.05, 4.69) is 10.4 Å². The van der Waals surface area contributed by atoms with Gasteiger partial charge in [-0.2, -0.15) is 5.10 Å². The van der Waals surface area contributed by atoms with Crippen LogP contribution in [0.1, 0.15) is 28.7 Å². The first-order valence-corrected chi connectivity index (χ1v) is 6.90. The highest BCUT2D eigenvalue weighted by Crippen LogP contribution is 2.16. The summed E-state index contributed by atoms with van der Waals surface area (Å²) in [5.41, 5.74) is 2.42. The maximum atomic E-state index is 12.2. The third kappa shape index (κ3) is 3.39. The molecule has 0 radical (unpaired) electrons. The summed E-state index contributed by atoms with van der Waals surface area (Å²) in [6, 6.07) is 9.44. The van der Waals surface area contributed by atoms with Gasteiger partial charge in [0, 0.05) is 18.1 Å². The smallest absolute Gasteiger partial charge is 0.269 e. The number of nitrogens with zero attached hydrogens (tertiary/aromatic N) is 2. The van der Waals surface area contributed by atoms with E-state index in [1.54, 1.807) is 17.8 Å². The first kappa shape index (κ1) is 14.6. The van der Waals surface area contributed by atoms with Crippen LogP contribution in [0.3, 0.4) is 0 Å². The Kier molecular flexibility index (Phi) is 4.45. The van der Waals surface area contributed by atoms with Gasteiger partial charge in [0.2, 0.25) is 0 Å². The molecule has 0 saturated heterocycles. The van der Waals surface area contributed by atoms with Gasteiger partial charge in [-0.15, -0.1) is 0 Å². The molecule has 0 unspecified atom stereocenters. The van der Waals surface area contributed by atoms with Gasteiger partial charge >= 0.3 is 0 Å². The molecule has 1 aromatic carbocycles. The van der Waals surface area contributed by atoms with Crippen LogP contribution in [0.4, 0.5) is 0 Å². The zero-order chi connectivity index (χ0) is 14.7. The molecular weight excluding hydrogens is 274 g/mol. The first-order valence-electron chi connectivity index (χ1n) is 6.52. The monoisotopic (exact) mass is 291 g/mol. The summed E-state index contributed by atoms with van der Waals surface area (Å²) >= 11 is 6.12. The molecular formula is C15H18ClN3O. The summed E-state index contributed by atoms with van der Waals surface area (Å²) in [4.78, 5) is 12.2. The number of hydrogen-bond acceptors (Lipinski definition) is 2. The van der Waals surface area contributed by atoms with Crippen molar-refractivity contribution in [3.63, 3.8) is 0 Å². The molecule has 0 aliphatic carbocycles. The van der Waals surface area contributed by atoms with Crippen molar-refractivity contribution in [1.29, 1.82) is 0 Å². The molecule has 1 N–H and O–H groups in total. The molecule has 2 rings (SSSR count). The summed E-state index contributed by atoms with van der Waals surface area (Å²) in [5, 5.41) is 7.87. The first-order chi connectivity index (χ1) is 9.47. The molecule has 20 heavy (non-hydrogen) atoms. The standard InChI is InChI=1S/C15H18ClN3O/c1-10(8-12-6-4-5-7-13(12)16)17-15(20)14-9-11(2)18-19(14)3/h4-7,9-10H,8H2,1-3H3,(H,17,20)/t10-/m0/s1. The lowest BCUT2D eigenvalue weighted by molar-refractivity contribution is 0.0930. The molecule has 5 heteroatoms. The number of nitrogens with one attached hydrogen (secondary N) is 1. The molecule has 0 saturated carbocycles. The van der Waals surface area contributed by atoms with E-state index in [-0.39, 0.29) is 11.9 Å². The SMILES string of the molecule is Cc1cc(C(=O)N[C@@H](C)Cc2ccccc2Cl)n(C)n1. The van der Waals surface area contributed by atoms with Gasteiger partial charge in [-0.1, -0.05) is 29.8 Å². The Labute approximate surface area is 123 Å². The van der Waals surface area contributed by atoms with Crippen molar-refractivity contribution < 1.29 is 4.79 Å². The van der Waals surface area contributed by atoms with Crippen LogP contribution in [-0.2, 0) is 13.5 Å². The number of carbonyl (C=O) groups is 1. The van der Waals surface area contributed by atoms with E-state index in [0.717, 1.165) is 16.3 Å². The van der Waals surface area contributed by atoms with Crippen LogP contribution < -0.4 is 5.32 Å². The van der Waals surface area contributed by atoms with Gasteiger partial charge in [0.05, 0.1) is 5.69 Å². The fourth-order valence-corrected chi connectivity index (χ4v) is 2.38. The lowest BCUT2D eigenvalue weighted by Crippen LogP contribution is -2.35. The second kappa shape index (κ2) is 6.09. The Morgan fingerprint density at radius 3 is 2.75 bits per heavy atom. The van der Waals surface area contributed by atoms with Crippen LogP contribution >= 0.6 is 11.6 Å². The Morgan fingerprint density at radius 2 is 2.15 bits per heavy atom. The molecule has 1 heterocycles. The number of aryl methyl sites for hydroxylation is 2. The number of hydrogen-bond donors (Lipinski definition) is 1. The third-order valence-corrected chi connectivity index (χ3v) is 3.46. The average molecular weight is 292 g/mol. The van der Waals surface area contributed by atoms with Crippen molar-refractivity contribution in [1.82, 2.24) is 15.1 Å². The number of benzene rings is 1. The van der Waals surface area contributed by atoms with E-state index in [0.29, 0.717) is 12.1 Å². The van der Waals surface area contributed by atoms with Gasteiger partial charge in [-0.25, -0.2) is 0 Å². The highest BCUT2D eigenvalue weighted by molar-refractivity contribution is 6.31. The van der Waals surface area contributed by atoms with E-state index in [4.69, 9.17) is 11.6 Å². The van der Waals surface area contributed by atoms with E-state index in [1.165, 1.54) is 0 Å². The second-order valence-electron chi connectivity index (χ2n) is 4.96. The summed E-state index contributed by atoms with van der Waals surface area (Å²) in [5.74, 6) is -0.118. The molecule has 1 aromatic heterocycles. The van der Waals surface area contributed by atoms with Gasteiger partial charge < -0.3 is 5.32 Å². The quantitative estimate of drug-likeness (QED) is 0.941. The maximum absolute atomic E-state index is 12.2. The van der Waals surface area contributed by atoms with Crippen molar-refractivity contribution >= 4 is 17.5 Å². The van der Waals surface area contributed by atoms with E-state index in [1.807, 2.05) is 38.1 Å². The summed E-state index contributed by atoms with van der Waals surface area (Å²) in [6.07, 6.45) is 0.697. The van der Waals surface area contributed by atoms with Crippen LogP contribution in [0.2, 0.25) is 5.02 Å². The summed E-state index contributed by atoms with van der Waals surface area (Å²) in [7, 11) is 1.76. The van der Waals surface area contributed by atoms with Crippen LogP contribution in [0.15, 0.2) is 30.3 Å². The van der Waals surface area contributed by atoms with Crippen molar-refractivity contribution in [2.75, 3.05) is 0 Å². The molecule has 0 aliphatic heterocycles. The molecule has 0 aliphatic rings. The van der Waals surface area contributed by atoms with Crippen LogP contribution in [0.25, 0.3) is 0 Å². The molecule has 1 atom stereocenters. The number of aromatic nitrogens is 2. The minimum atomic E-state index is -0.118. The minimum absolute atomic E-state index is 0.00222. The van der Waals surface area contributed by atoms with Crippen molar-refractivity contribution in [3.05, 3.63) is 52.3 Å². The molecule has 106 valence electrons. The van der Waals surface area contributed by atoms with Gasteiger partial charge in [0.1, 0.15) is 5.69 Å². The van der Waals surface area contributed by atoms with Crippen molar-refractivity contribution in [3.8, 4) is 0 Å². The van der Waals surface area contributed by atoms with Crippen LogP contribution in [0.5, 0.6) is 0 Å². The van der Waals surface area contributed by atoms with Gasteiger partial charge in [0.25, 0.3) is 5.91 Å². The maximum Gasteiger partial charge on any atom is 0.269 e. The molecule has 1 amide bonds. The molecule has 4 nitrogen and oxygen atoms in total. The van der Waals surface area contributed by atoms with E-state index < -0.39 is 0 Å².